The topological polar surface area (TPSA) is 0 Å². The van der Waals surface area contributed by atoms with Crippen molar-refractivity contribution in [2.45, 2.75) is 11.8 Å². The van der Waals surface area contributed by atoms with Crippen LogP contribution in [0, 0.1) is 0 Å². The molecule has 0 aliphatic heterocycles. The van der Waals surface area contributed by atoms with Crippen LogP contribution in [-0.4, -0.2) is 0 Å². The molecule has 0 nitrogen and oxygen atoms in total. The first-order valence-corrected chi connectivity index (χ1v) is 7.19. The Hall–Kier alpha value is -2.34. The highest BCUT2D eigenvalue weighted by atomic mass is 14.4. The Morgan fingerprint density at radius 1 is 0.900 bits per heavy atom. The van der Waals surface area contributed by atoms with Gasteiger partial charge < -0.3 is 0 Å². The highest BCUT2D eigenvalue weighted by Crippen LogP contribution is 2.51. The summed E-state index contributed by atoms with van der Waals surface area (Å²) in [5, 5.41) is 2.80. The fourth-order valence-electron chi connectivity index (χ4n) is 3.98. The average molecular weight is 254 g/mol. The molecule has 0 saturated heterocycles. The van der Waals surface area contributed by atoms with Crippen LogP contribution in [0.5, 0.6) is 0 Å². The number of rotatable bonds is 0. The van der Waals surface area contributed by atoms with Crippen molar-refractivity contribution >= 4 is 22.9 Å². The Bertz CT molecular complexity index is 874. The maximum atomic E-state index is 2.41. The van der Waals surface area contributed by atoms with Crippen molar-refractivity contribution in [3.63, 3.8) is 0 Å². The van der Waals surface area contributed by atoms with E-state index in [4.69, 9.17) is 0 Å². The summed E-state index contributed by atoms with van der Waals surface area (Å²) in [6.45, 7) is 0. The Morgan fingerprint density at radius 2 is 1.90 bits per heavy atom. The van der Waals surface area contributed by atoms with Gasteiger partial charge in [-0.2, -0.15) is 0 Å². The predicted molar refractivity (Wildman–Crippen MR) is 85.5 cm³/mol. The monoisotopic (exact) mass is 254 g/mol. The molecule has 0 saturated carbocycles. The van der Waals surface area contributed by atoms with Gasteiger partial charge in [0.05, 0.1) is 0 Å². The van der Waals surface area contributed by atoms with Gasteiger partial charge in [-0.05, 0) is 39.5 Å². The van der Waals surface area contributed by atoms with Crippen LogP contribution in [-0.2, 0) is 5.41 Å². The highest BCUT2D eigenvalue weighted by Gasteiger charge is 2.39. The summed E-state index contributed by atoms with van der Waals surface area (Å²) in [6.07, 6.45) is 17.1. The number of benzene rings is 2. The summed E-state index contributed by atoms with van der Waals surface area (Å²) < 4.78 is 0. The second kappa shape index (κ2) is 3.40. The normalized spacial score (nSPS) is 24.7. The van der Waals surface area contributed by atoms with Gasteiger partial charge in [0.15, 0.2) is 0 Å². The lowest BCUT2D eigenvalue weighted by Gasteiger charge is -2.40. The molecule has 0 amide bonds. The summed E-state index contributed by atoms with van der Waals surface area (Å²) in [5.74, 6) is 0. The van der Waals surface area contributed by atoms with Crippen molar-refractivity contribution in [1.29, 1.82) is 0 Å². The van der Waals surface area contributed by atoms with Crippen molar-refractivity contribution < 1.29 is 0 Å². The van der Waals surface area contributed by atoms with Crippen LogP contribution >= 0.6 is 0 Å². The summed E-state index contributed by atoms with van der Waals surface area (Å²) in [6, 6.07) is 11.1. The quantitative estimate of drug-likeness (QED) is 0.619. The molecule has 0 N–H and O–H groups in total. The van der Waals surface area contributed by atoms with E-state index in [9.17, 15) is 0 Å². The van der Waals surface area contributed by atoms with E-state index in [-0.39, 0.29) is 5.41 Å². The summed E-state index contributed by atoms with van der Waals surface area (Å²) in [4.78, 5) is 0. The molecule has 20 heavy (non-hydrogen) atoms. The van der Waals surface area contributed by atoms with E-state index in [0.717, 1.165) is 6.42 Å². The predicted octanol–water partition coefficient (Wildman–Crippen LogP) is 5.02. The molecule has 5 rings (SSSR count). The van der Waals surface area contributed by atoms with E-state index in [0.29, 0.717) is 0 Å². The molecule has 1 unspecified atom stereocenters. The Balaban J connectivity index is 2.02. The molecule has 3 aliphatic carbocycles. The second-order valence-corrected chi connectivity index (χ2v) is 5.87. The molecule has 1 spiro atoms. The van der Waals surface area contributed by atoms with Crippen molar-refractivity contribution in [1.82, 2.24) is 0 Å². The first-order valence-electron chi connectivity index (χ1n) is 7.19. The minimum Gasteiger partial charge on any atom is -0.0830 e. The minimum atomic E-state index is 0.0622. The van der Waals surface area contributed by atoms with Crippen LogP contribution in [0.1, 0.15) is 23.1 Å². The van der Waals surface area contributed by atoms with Gasteiger partial charge in [0.1, 0.15) is 0 Å². The van der Waals surface area contributed by atoms with Gasteiger partial charge >= 0.3 is 0 Å². The first kappa shape index (κ1) is 10.4. The molecule has 0 radical (unpaired) electrons. The molecule has 3 aliphatic rings. The molecule has 1 atom stereocenters. The van der Waals surface area contributed by atoms with Gasteiger partial charge in [-0.15, -0.1) is 0 Å². The minimum absolute atomic E-state index is 0.0622. The van der Waals surface area contributed by atoms with E-state index in [1.165, 1.54) is 33.0 Å². The van der Waals surface area contributed by atoms with E-state index < -0.39 is 0 Å². The lowest BCUT2D eigenvalue weighted by atomic mass is 9.62. The van der Waals surface area contributed by atoms with Crippen molar-refractivity contribution in [2.24, 2.45) is 0 Å². The van der Waals surface area contributed by atoms with Crippen LogP contribution < -0.4 is 0 Å². The summed E-state index contributed by atoms with van der Waals surface area (Å²) in [5.41, 5.74) is 5.72. The van der Waals surface area contributed by atoms with Gasteiger partial charge in [0, 0.05) is 5.41 Å². The van der Waals surface area contributed by atoms with Gasteiger partial charge in [0.25, 0.3) is 0 Å². The summed E-state index contributed by atoms with van der Waals surface area (Å²) >= 11 is 0. The van der Waals surface area contributed by atoms with E-state index in [1.54, 1.807) is 0 Å². The van der Waals surface area contributed by atoms with Crippen LogP contribution in [0.15, 0.2) is 66.3 Å². The average Bonchev–Trinajstić information content (AvgIpc) is 2.52. The molecule has 94 valence electrons. The second-order valence-electron chi connectivity index (χ2n) is 5.87. The van der Waals surface area contributed by atoms with Crippen LogP contribution in [0.4, 0.5) is 0 Å². The first-order chi connectivity index (χ1) is 9.88. The SMILES string of the molecule is C1=CCC23C=Cc4cccc5ccc(c2c45)C=CC3=C1. The number of hydrogen-bond acceptors (Lipinski definition) is 0. The lowest BCUT2D eigenvalue weighted by molar-refractivity contribution is 0.646. The molecular formula is C20H14. The zero-order chi connectivity index (χ0) is 13.2. The van der Waals surface area contributed by atoms with Gasteiger partial charge in [-0.1, -0.05) is 72.9 Å². The maximum absolute atomic E-state index is 2.41. The Kier molecular flexibility index (Phi) is 1.78. The standard InChI is InChI=1S/C20H14/c1-2-12-20-13-11-15-5-3-4-14-7-8-16(19(20)18(14)15)9-10-17(20)6-1/h1-11,13H,12H2. The van der Waals surface area contributed by atoms with Crippen LogP contribution in [0.2, 0.25) is 0 Å². The van der Waals surface area contributed by atoms with Crippen molar-refractivity contribution in [2.75, 3.05) is 0 Å². The number of allylic oxidation sites excluding steroid dienone is 6. The Morgan fingerprint density at radius 3 is 2.90 bits per heavy atom. The highest BCUT2D eigenvalue weighted by molar-refractivity contribution is 6.00. The maximum Gasteiger partial charge on any atom is 0.0431 e. The fourth-order valence-corrected chi connectivity index (χ4v) is 3.98. The number of hydrogen-bond donors (Lipinski definition) is 0. The summed E-state index contributed by atoms with van der Waals surface area (Å²) in [7, 11) is 0. The third-order valence-electron chi connectivity index (χ3n) is 4.91. The van der Waals surface area contributed by atoms with Gasteiger partial charge in [0.2, 0.25) is 0 Å². The lowest BCUT2D eigenvalue weighted by Crippen LogP contribution is -2.31. The largest absolute Gasteiger partial charge is 0.0830 e. The van der Waals surface area contributed by atoms with E-state index in [2.05, 4.69) is 72.9 Å². The van der Waals surface area contributed by atoms with Crippen molar-refractivity contribution in [3.05, 3.63) is 83.0 Å². The van der Waals surface area contributed by atoms with Gasteiger partial charge in [-0.3, -0.25) is 0 Å². The molecule has 0 bridgehead atoms. The molecule has 0 heteroatoms. The smallest absolute Gasteiger partial charge is 0.0431 e. The van der Waals surface area contributed by atoms with E-state index in [1.807, 2.05) is 0 Å². The fraction of sp³-hybridized carbons (Fsp3) is 0.100. The zero-order valence-electron chi connectivity index (χ0n) is 11.1. The third-order valence-corrected chi connectivity index (χ3v) is 4.91. The molecule has 2 aromatic rings. The third kappa shape index (κ3) is 1.09. The molecule has 0 heterocycles. The van der Waals surface area contributed by atoms with E-state index >= 15 is 0 Å². The molecular weight excluding hydrogens is 240 g/mol. The Labute approximate surface area is 118 Å². The van der Waals surface area contributed by atoms with Crippen LogP contribution in [0.25, 0.3) is 22.9 Å². The van der Waals surface area contributed by atoms with Gasteiger partial charge in [-0.25, -0.2) is 0 Å². The molecule has 0 aromatic heterocycles. The zero-order valence-corrected chi connectivity index (χ0v) is 11.1. The molecule has 2 aromatic carbocycles. The molecule has 0 fully saturated rings. The van der Waals surface area contributed by atoms with Crippen LogP contribution in [0.3, 0.4) is 0 Å². The van der Waals surface area contributed by atoms with Crippen molar-refractivity contribution in [3.8, 4) is 0 Å².